The van der Waals surface area contributed by atoms with Gasteiger partial charge in [-0.3, -0.25) is 4.79 Å². The molecule has 102 valence electrons. The van der Waals surface area contributed by atoms with E-state index in [9.17, 15) is 14.8 Å². The Morgan fingerprint density at radius 1 is 1.32 bits per heavy atom. The molecule has 1 aliphatic heterocycles. The smallest absolute Gasteiger partial charge is 0.423 e. The molecule has 0 atom stereocenters. The van der Waals surface area contributed by atoms with Crippen molar-refractivity contribution in [2.24, 2.45) is 0 Å². The minimum atomic E-state index is -1.48. The average molecular weight is 261 g/mol. The zero-order chi connectivity index (χ0) is 14.4. The average Bonchev–Trinajstić information content (AvgIpc) is 2.26. The molecule has 1 aromatic carbocycles. The number of benzene rings is 1. The van der Waals surface area contributed by atoms with E-state index in [2.05, 4.69) is 0 Å². The Morgan fingerprint density at radius 3 is 2.47 bits per heavy atom. The zero-order valence-corrected chi connectivity index (χ0v) is 11.8. The van der Waals surface area contributed by atoms with Crippen LogP contribution in [0.15, 0.2) is 18.2 Å². The maximum absolute atomic E-state index is 12.3. The predicted octanol–water partition coefficient (Wildman–Crippen LogP) is 0.789. The Hall–Kier alpha value is -1.33. The zero-order valence-electron chi connectivity index (χ0n) is 11.8. The molecule has 0 radical (unpaired) electrons. The molecule has 0 bridgehead atoms. The lowest BCUT2D eigenvalue weighted by Crippen LogP contribution is -2.46. The van der Waals surface area contributed by atoms with Crippen molar-refractivity contribution in [2.75, 3.05) is 4.90 Å². The van der Waals surface area contributed by atoms with E-state index in [-0.39, 0.29) is 17.4 Å². The largest absolute Gasteiger partial charge is 0.488 e. The summed E-state index contributed by atoms with van der Waals surface area (Å²) in [5, 5.41) is 18.6. The molecule has 1 aliphatic rings. The maximum atomic E-state index is 12.3. The van der Waals surface area contributed by atoms with E-state index in [1.54, 1.807) is 17.0 Å². The number of carbonyl (C=O) groups excluding carboxylic acids is 1. The van der Waals surface area contributed by atoms with Gasteiger partial charge in [0, 0.05) is 23.6 Å². The van der Waals surface area contributed by atoms with Gasteiger partial charge in [0.2, 0.25) is 5.91 Å². The van der Waals surface area contributed by atoms with Crippen LogP contribution >= 0.6 is 0 Å². The van der Waals surface area contributed by atoms with Crippen molar-refractivity contribution in [1.29, 1.82) is 0 Å². The predicted molar refractivity (Wildman–Crippen MR) is 76.5 cm³/mol. The number of rotatable bonds is 2. The molecule has 0 aromatic heterocycles. The lowest BCUT2D eigenvalue weighted by Gasteiger charge is -2.40. The van der Waals surface area contributed by atoms with Gasteiger partial charge in [0.05, 0.1) is 0 Å². The first-order valence-corrected chi connectivity index (χ1v) is 6.56. The quantitative estimate of drug-likeness (QED) is 0.774. The van der Waals surface area contributed by atoms with Crippen LogP contribution in [-0.2, 0) is 10.2 Å². The minimum absolute atomic E-state index is 0.0900. The number of carbonyl (C=O) groups is 1. The van der Waals surface area contributed by atoms with Crippen molar-refractivity contribution in [3.8, 4) is 0 Å². The molecule has 5 heteroatoms. The molecule has 0 saturated heterocycles. The van der Waals surface area contributed by atoms with Crippen molar-refractivity contribution < 1.29 is 14.8 Å². The van der Waals surface area contributed by atoms with Crippen LogP contribution in [0.5, 0.6) is 0 Å². The fraction of sp³-hybridized carbons (Fsp3) is 0.500. The van der Waals surface area contributed by atoms with E-state index in [0.29, 0.717) is 11.9 Å². The number of amides is 1. The Labute approximate surface area is 114 Å². The van der Waals surface area contributed by atoms with Gasteiger partial charge in [-0.2, -0.15) is 0 Å². The number of fused-ring (bicyclic) bond motifs is 1. The van der Waals surface area contributed by atoms with Crippen LogP contribution in [-0.4, -0.2) is 29.1 Å². The van der Waals surface area contributed by atoms with E-state index >= 15 is 0 Å². The standard InChI is InChI=1S/C14H20BNO3/c1-9(2)16-12-6-5-10(15(18)19)7-11(12)14(3,4)8-13(16)17/h5-7,9,18-19H,8H2,1-4H3. The second-order valence-corrected chi connectivity index (χ2v) is 6.07. The van der Waals surface area contributed by atoms with Crippen LogP contribution in [0.4, 0.5) is 5.69 Å². The van der Waals surface area contributed by atoms with Crippen LogP contribution < -0.4 is 10.4 Å². The highest BCUT2D eigenvalue weighted by molar-refractivity contribution is 6.58. The summed E-state index contributed by atoms with van der Waals surface area (Å²) in [4.78, 5) is 14.0. The molecule has 19 heavy (non-hydrogen) atoms. The fourth-order valence-electron chi connectivity index (χ4n) is 2.73. The molecule has 0 spiro atoms. The summed E-state index contributed by atoms with van der Waals surface area (Å²) in [6.45, 7) is 7.98. The van der Waals surface area contributed by atoms with Crippen LogP contribution in [0, 0.1) is 0 Å². The van der Waals surface area contributed by atoms with Crippen molar-refractivity contribution in [2.45, 2.75) is 45.6 Å². The summed E-state index contributed by atoms with van der Waals surface area (Å²) < 4.78 is 0. The van der Waals surface area contributed by atoms with Gasteiger partial charge in [-0.1, -0.05) is 26.0 Å². The SMILES string of the molecule is CC(C)N1C(=O)CC(C)(C)c2cc(B(O)O)ccc21. The van der Waals surface area contributed by atoms with Gasteiger partial charge >= 0.3 is 7.12 Å². The number of anilines is 1. The highest BCUT2D eigenvalue weighted by atomic mass is 16.4. The fourth-order valence-corrected chi connectivity index (χ4v) is 2.73. The van der Waals surface area contributed by atoms with Crippen LogP contribution in [0.3, 0.4) is 0 Å². The minimum Gasteiger partial charge on any atom is -0.423 e. The van der Waals surface area contributed by atoms with Crippen molar-refractivity contribution >= 4 is 24.2 Å². The van der Waals surface area contributed by atoms with E-state index in [0.717, 1.165) is 11.3 Å². The molecule has 0 saturated carbocycles. The molecule has 1 heterocycles. The summed E-state index contributed by atoms with van der Waals surface area (Å²) >= 11 is 0. The first kappa shape index (κ1) is 14.1. The first-order valence-electron chi connectivity index (χ1n) is 6.56. The third-order valence-electron chi connectivity index (χ3n) is 3.69. The van der Waals surface area contributed by atoms with Gasteiger partial charge in [-0.25, -0.2) is 0 Å². The Morgan fingerprint density at radius 2 is 1.95 bits per heavy atom. The summed E-state index contributed by atoms with van der Waals surface area (Å²) in [6.07, 6.45) is 0.434. The van der Waals surface area contributed by atoms with Gasteiger partial charge in [0.25, 0.3) is 0 Å². The molecular formula is C14H20BNO3. The van der Waals surface area contributed by atoms with E-state index in [4.69, 9.17) is 0 Å². The number of hydrogen-bond acceptors (Lipinski definition) is 3. The van der Waals surface area contributed by atoms with Crippen LogP contribution in [0.1, 0.15) is 39.7 Å². The summed E-state index contributed by atoms with van der Waals surface area (Å²) in [7, 11) is -1.48. The monoisotopic (exact) mass is 261 g/mol. The van der Waals surface area contributed by atoms with E-state index < -0.39 is 7.12 Å². The molecule has 1 aromatic rings. The Bertz CT molecular complexity index is 511. The second kappa shape index (κ2) is 4.65. The summed E-state index contributed by atoms with van der Waals surface area (Å²) in [5.41, 5.74) is 2.04. The van der Waals surface area contributed by atoms with Gasteiger partial charge in [0.15, 0.2) is 0 Å². The molecule has 1 amide bonds. The molecule has 0 fully saturated rings. The second-order valence-electron chi connectivity index (χ2n) is 6.07. The van der Waals surface area contributed by atoms with Gasteiger partial charge in [0.1, 0.15) is 0 Å². The normalized spacial score (nSPS) is 17.6. The van der Waals surface area contributed by atoms with Crippen LogP contribution in [0.2, 0.25) is 0 Å². The van der Waals surface area contributed by atoms with Gasteiger partial charge in [-0.05, 0) is 30.9 Å². The Balaban J connectivity index is 2.61. The highest BCUT2D eigenvalue weighted by Gasteiger charge is 2.38. The Kier molecular flexibility index (Phi) is 3.45. The topological polar surface area (TPSA) is 60.8 Å². The third-order valence-corrected chi connectivity index (χ3v) is 3.69. The van der Waals surface area contributed by atoms with Gasteiger partial charge in [-0.15, -0.1) is 0 Å². The molecule has 0 unspecified atom stereocenters. The molecule has 4 nitrogen and oxygen atoms in total. The lowest BCUT2D eigenvalue weighted by molar-refractivity contribution is -0.120. The van der Waals surface area contributed by atoms with Crippen molar-refractivity contribution in [3.63, 3.8) is 0 Å². The third kappa shape index (κ3) is 2.40. The lowest BCUT2D eigenvalue weighted by atomic mass is 9.72. The first-order chi connectivity index (χ1) is 8.74. The maximum Gasteiger partial charge on any atom is 0.488 e. The van der Waals surface area contributed by atoms with Crippen molar-refractivity contribution in [1.82, 2.24) is 0 Å². The van der Waals surface area contributed by atoms with Crippen LogP contribution in [0.25, 0.3) is 0 Å². The summed E-state index contributed by atoms with van der Waals surface area (Å²) in [6, 6.07) is 5.35. The molecule has 0 aliphatic carbocycles. The number of nitrogens with zero attached hydrogens (tertiary/aromatic N) is 1. The molecule has 2 N–H and O–H groups in total. The molecular weight excluding hydrogens is 241 g/mol. The summed E-state index contributed by atoms with van der Waals surface area (Å²) in [5.74, 6) is 0.116. The molecule has 2 rings (SSSR count). The van der Waals surface area contributed by atoms with Gasteiger partial charge < -0.3 is 14.9 Å². The number of hydrogen-bond donors (Lipinski definition) is 2. The van der Waals surface area contributed by atoms with E-state index in [1.807, 2.05) is 33.8 Å². The highest BCUT2D eigenvalue weighted by Crippen LogP contribution is 2.40. The van der Waals surface area contributed by atoms with Crippen molar-refractivity contribution in [3.05, 3.63) is 23.8 Å². The van der Waals surface area contributed by atoms with E-state index in [1.165, 1.54) is 0 Å².